The number of imidazole rings is 1. The Labute approximate surface area is 173 Å². The zero-order valence-corrected chi connectivity index (χ0v) is 19.2. The lowest BCUT2D eigenvalue weighted by Crippen LogP contribution is -2.42. The van der Waals surface area contributed by atoms with E-state index in [-0.39, 0.29) is 27.2 Å². The van der Waals surface area contributed by atoms with Crippen LogP contribution in [-0.2, 0) is 16.2 Å². The second-order valence-electron chi connectivity index (χ2n) is 11.2. The maximum Gasteiger partial charge on any atom is 0.259 e. The topological polar surface area (TPSA) is 61.5 Å². The molecule has 154 valence electrons. The van der Waals surface area contributed by atoms with Crippen LogP contribution in [0, 0.1) is 5.41 Å². The number of aromatic amines is 2. The van der Waals surface area contributed by atoms with Gasteiger partial charge in [0, 0.05) is 11.1 Å². The van der Waals surface area contributed by atoms with Crippen LogP contribution < -0.4 is 5.56 Å². The van der Waals surface area contributed by atoms with Crippen molar-refractivity contribution in [1.82, 2.24) is 15.0 Å². The maximum atomic E-state index is 12.7. The van der Waals surface area contributed by atoms with Crippen LogP contribution in [0.1, 0.15) is 79.1 Å². The molecule has 0 radical (unpaired) electrons. The third-order valence-corrected chi connectivity index (χ3v) is 8.07. The Kier molecular flexibility index (Phi) is 3.86. The number of fused-ring (bicyclic) bond motifs is 2. The van der Waals surface area contributed by atoms with Crippen LogP contribution in [0.25, 0.3) is 22.4 Å². The van der Waals surface area contributed by atoms with Gasteiger partial charge in [0.1, 0.15) is 5.82 Å². The van der Waals surface area contributed by atoms with E-state index in [4.69, 9.17) is 4.98 Å². The van der Waals surface area contributed by atoms with Gasteiger partial charge < -0.3 is 9.97 Å². The first-order valence-electron chi connectivity index (χ1n) is 10.5. The Morgan fingerprint density at radius 3 is 2.00 bits per heavy atom. The number of H-pyrrole nitrogens is 2. The van der Waals surface area contributed by atoms with Crippen molar-refractivity contribution in [1.29, 1.82) is 0 Å². The van der Waals surface area contributed by atoms with Crippen LogP contribution in [0.4, 0.5) is 0 Å². The highest BCUT2D eigenvalue weighted by atomic mass is 16.1. The van der Waals surface area contributed by atoms with Gasteiger partial charge in [-0.25, -0.2) is 4.98 Å². The molecule has 0 unspecified atom stereocenters. The lowest BCUT2D eigenvalue weighted by atomic mass is 9.59. The van der Waals surface area contributed by atoms with Gasteiger partial charge in [0.2, 0.25) is 0 Å². The van der Waals surface area contributed by atoms with Crippen molar-refractivity contribution < 1.29 is 0 Å². The molecule has 4 heteroatoms. The van der Waals surface area contributed by atoms with Crippen LogP contribution >= 0.6 is 0 Å². The Balaban J connectivity index is 1.88. The first-order chi connectivity index (χ1) is 13.2. The van der Waals surface area contributed by atoms with E-state index < -0.39 is 0 Å². The SMILES string of the molecule is CC(C)(C)c1ccc(-c2nc3cc4c(cc3[nH]2)C(C)(C)C(C)(C)C4(C)C)c(=O)[nH]1. The highest BCUT2D eigenvalue weighted by Crippen LogP contribution is 2.61. The van der Waals surface area contributed by atoms with Crippen molar-refractivity contribution in [2.75, 3.05) is 0 Å². The predicted octanol–water partition coefficient (Wildman–Crippen LogP) is 5.81. The first kappa shape index (κ1) is 19.9. The minimum absolute atomic E-state index is 0.0327. The van der Waals surface area contributed by atoms with E-state index in [1.54, 1.807) is 0 Å². The molecule has 2 heterocycles. The van der Waals surface area contributed by atoms with Crippen LogP contribution in [0.2, 0.25) is 0 Å². The first-order valence-corrected chi connectivity index (χ1v) is 10.5. The zero-order valence-electron chi connectivity index (χ0n) is 19.2. The van der Waals surface area contributed by atoms with Gasteiger partial charge in [0.25, 0.3) is 5.56 Å². The van der Waals surface area contributed by atoms with Gasteiger partial charge in [0.15, 0.2) is 0 Å². The third-order valence-electron chi connectivity index (χ3n) is 8.07. The average Bonchev–Trinajstić information content (AvgIpc) is 3.05. The highest BCUT2D eigenvalue weighted by molar-refractivity contribution is 5.82. The predicted molar refractivity (Wildman–Crippen MR) is 121 cm³/mol. The van der Waals surface area contributed by atoms with E-state index in [0.717, 1.165) is 16.7 Å². The molecule has 1 aromatic carbocycles. The summed E-state index contributed by atoms with van der Waals surface area (Å²) in [6, 6.07) is 8.33. The summed E-state index contributed by atoms with van der Waals surface area (Å²) in [5.41, 5.74) is 6.11. The second kappa shape index (κ2) is 5.62. The van der Waals surface area contributed by atoms with Crippen LogP contribution in [0.3, 0.4) is 0 Å². The smallest absolute Gasteiger partial charge is 0.259 e. The molecule has 2 aromatic heterocycles. The molecule has 0 saturated carbocycles. The van der Waals surface area contributed by atoms with Gasteiger partial charge in [0.05, 0.1) is 16.6 Å². The largest absolute Gasteiger partial charge is 0.338 e. The van der Waals surface area contributed by atoms with E-state index in [1.807, 2.05) is 12.1 Å². The van der Waals surface area contributed by atoms with Crippen molar-refractivity contribution in [3.63, 3.8) is 0 Å². The number of nitrogens with zero attached hydrogens (tertiary/aromatic N) is 1. The van der Waals surface area contributed by atoms with Crippen molar-refractivity contribution in [3.8, 4) is 11.4 Å². The molecule has 0 fully saturated rings. The van der Waals surface area contributed by atoms with E-state index in [2.05, 4.69) is 84.4 Å². The van der Waals surface area contributed by atoms with Gasteiger partial charge >= 0.3 is 0 Å². The minimum atomic E-state index is -0.106. The van der Waals surface area contributed by atoms with E-state index in [9.17, 15) is 4.79 Å². The molecule has 2 N–H and O–H groups in total. The fourth-order valence-corrected chi connectivity index (χ4v) is 4.77. The van der Waals surface area contributed by atoms with Gasteiger partial charge in [-0.2, -0.15) is 0 Å². The summed E-state index contributed by atoms with van der Waals surface area (Å²) in [5.74, 6) is 0.625. The van der Waals surface area contributed by atoms with Crippen molar-refractivity contribution in [2.24, 2.45) is 5.41 Å². The molecule has 4 nitrogen and oxygen atoms in total. The third kappa shape index (κ3) is 2.57. The summed E-state index contributed by atoms with van der Waals surface area (Å²) >= 11 is 0. The fraction of sp³-hybridized carbons (Fsp3) is 0.520. The Bertz CT molecular complexity index is 1130. The van der Waals surface area contributed by atoms with E-state index in [1.165, 1.54) is 11.1 Å². The van der Waals surface area contributed by atoms with Crippen molar-refractivity contribution in [3.05, 3.63) is 51.4 Å². The highest BCUT2D eigenvalue weighted by Gasteiger charge is 2.56. The average molecular weight is 392 g/mol. The summed E-state index contributed by atoms with van der Waals surface area (Å²) < 4.78 is 0. The Hall–Kier alpha value is -2.36. The number of pyridine rings is 1. The lowest BCUT2D eigenvalue weighted by Gasteiger charge is -2.44. The monoisotopic (exact) mass is 391 g/mol. The molecule has 4 rings (SSSR count). The molecule has 0 saturated heterocycles. The number of nitrogens with one attached hydrogen (secondary N) is 2. The summed E-state index contributed by atoms with van der Waals surface area (Å²) in [6.45, 7) is 20.3. The van der Waals surface area contributed by atoms with Gasteiger partial charge in [-0.1, -0.05) is 62.3 Å². The summed E-state index contributed by atoms with van der Waals surface area (Å²) in [6.07, 6.45) is 0. The lowest BCUT2D eigenvalue weighted by molar-refractivity contribution is 0.125. The van der Waals surface area contributed by atoms with E-state index in [0.29, 0.717) is 11.4 Å². The number of hydrogen-bond acceptors (Lipinski definition) is 2. The summed E-state index contributed by atoms with van der Waals surface area (Å²) in [7, 11) is 0. The number of benzene rings is 1. The molecule has 0 spiro atoms. The Morgan fingerprint density at radius 1 is 0.862 bits per heavy atom. The molecular weight excluding hydrogens is 358 g/mol. The van der Waals surface area contributed by atoms with Gasteiger partial charge in [-0.05, 0) is 51.6 Å². The molecule has 3 aromatic rings. The second-order valence-corrected chi connectivity index (χ2v) is 11.2. The number of aromatic nitrogens is 3. The van der Waals surface area contributed by atoms with Crippen LogP contribution in [0.15, 0.2) is 29.1 Å². The van der Waals surface area contributed by atoms with Crippen molar-refractivity contribution in [2.45, 2.75) is 78.6 Å². The van der Waals surface area contributed by atoms with Crippen LogP contribution in [-0.4, -0.2) is 15.0 Å². The minimum Gasteiger partial charge on any atom is -0.338 e. The van der Waals surface area contributed by atoms with Crippen molar-refractivity contribution >= 4 is 11.0 Å². The van der Waals surface area contributed by atoms with E-state index >= 15 is 0 Å². The summed E-state index contributed by atoms with van der Waals surface area (Å²) in [5, 5.41) is 0. The summed E-state index contributed by atoms with van der Waals surface area (Å²) in [4.78, 5) is 24.0. The molecule has 1 aliphatic carbocycles. The van der Waals surface area contributed by atoms with Crippen LogP contribution in [0.5, 0.6) is 0 Å². The molecule has 1 aliphatic rings. The molecule has 0 amide bonds. The quantitative estimate of drug-likeness (QED) is 0.550. The standard InChI is InChI=1S/C25H33N3O/c1-22(2,3)19-11-10-14(21(29)28-19)20-26-17-12-15-16(13-18(17)27-20)24(6,7)25(8,9)23(15,4)5/h10-13H,1-9H3,(H,26,27)(H,28,29). The normalized spacial score (nSPS) is 19.5. The maximum absolute atomic E-state index is 12.7. The number of rotatable bonds is 1. The zero-order chi connectivity index (χ0) is 21.6. The fourth-order valence-electron chi connectivity index (χ4n) is 4.77. The molecule has 29 heavy (non-hydrogen) atoms. The molecular formula is C25H33N3O. The molecule has 0 bridgehead atoms. The Morgan fingerprint density at radius 2 is 1.45 bits per heavy atom. The van der Waals surface area contributed by atoms with Gasteiger partial charge in [-0.15, -0.1) is 0 Å². The van der Waals surface area contributed by atoms with Gasteiger partial charge in [-0.3, -0.25) is 4.79 Å². The number of hydrogen-bond donors (Lipinski definition) is 2. The molecule has 0 atom stereocenters. The molecule has 0 aliphatic heterocycles.